The lowest BCUT2D eigenvalue weighted by Gasteiger charge is -2.41. The second kappa shape index (κ2) is 5.90. The van der Waals surface area contributed by atoms with Gasteiger partial charge in [-0.25, -0.2) is 4.98 Å². The normalized spacial score (nSPS) is 24.9. The second-order valence-corrected chi connectivity index (χ2v) is 7.83. The Morgan fingerprint density at radius 2 is 2.17 bits per heavy atom. The van der Waals surface area contributed by atoms with E-state index in [9.17, 15) is 9.59 Å². The van der Waals surface area contributed by atoms with Crippen LogP contribution >= 0.6 is 0 Å². The molecule has 1 N–H and O–H groups in total. The Balaban J connectivity index is 1.41. The zero-order valence-electron chi connectivity index (χ0n) is 14.3. The molecule has 130 valence electrons. The molecule has 1 aliphatic heterocycles. The number of likely N-dealkylation sites (tertiary alicyclic amines) is 1. The minimum atomic E-state index is -0.0298. The summed E-state index contributed by atoms with van der Waals surface area (Å²) in [7, 11) is 0. The first kappa shape index (κ1) is 15.7. The lowest BCUT2D eigenvalue weighted by molar-refractivity contribution is -0.131. The Kier molecular flexibility index (Phi) is 3.85. The van der Waals surface area contributed by atoms with Crippen LogP contribution in [0, 0.1) is 24.2 Å². The van der Waals surface area contributed by atoms with Crippen molar-refractivity contribution in [2.45, 2.75) is 45.6 Å². The first-order chi connectivity index (χ1) is 11.6. The van der Waals surface area contributed by atoms with Gasteiger partial charge in [0, 0.05) is 37.4 Å². The van der Waals surface area contributed by atoms with Crippen molar-refractivity contribution in [2.24, 2.45) is 17.3 Å². The average molecular weight is 330 g/mol. The van der Waals surface area contributed by atoms with Crippen molar-refractivity contribution in [1.29, 1.82) is 0 Å². The number of nitrogens with one attached hydrogen (secondary N) is 1. The van der Waals surface area contributed by atoms with Crippen molar-refractivity contribution in [3.63, 3.8) is 0 Å². The smallest absolute Gasteiger partial charge is 0.242 e. The Morgan fingerprint density at radius 1 is 1.38 bits per heavy atom. The largest absolute Gasteiger partial charge is 0.356 e. The highest BCUT2D eigenvalue weighted by Crippen LogP contribution is 2.51. The van der Waals surface area contributed by atoms with E-state index in [2.05, 4.69) is 10.3 Å². The zero-order valence-corrected chi connectivity index (χ0v) is 14.3. The maximum atomic E-state index is 12.7. The molecule has 2 saturated carbocycles. The Morgan fingerprint density at radius 3 is 2.75 bits per heavy atom. The van der Waals surface area contributed by atoms with E-state index < -0.39 is 0 Å². The maximum Gasteiger partial charge on any atom is 0.242 e. The highest BCUT2D eigenvalue weighted by molar-refractivity contribution is 5.83. The number of amides is 2. The van der Waals surface area contributed by atoms with Gasteiger partial charge < -0.3 is 14.8 Å². The van der Waals surface area contributed by atoms with Gasteiger partial charge in [0.25, 0.3) is 0 Å². The number of hydrogen-bond donors (Lipinski definition) is 1. The molecule has 6 nitrogen and oxygen atoms in total. The number of carbonyl (C=O) groups is 2. The molecule has 0 bridgehead atoms. The summed E-state index contributed by atoms with van der Waals surface area (Å²) in [4.78, 5) is 31.4. The molecular formula is C18H26N4O2. The van der Waals surface area contributed by atoms with Crippen molar-refractivity contribution >= 4 is 11.8 Å². The Hall–Kier alpha value is -1.85. The monoisotopic (exact) mass is 330 g/mol. The van der Waals surface area contributed by atoms with Crippen LogP contribution < -0.4 is 5.32 Å². The summed E-state index contributed by atoms with van der Waals surface area (Å²) < 4.78 is 1.87. The molecule has 24 heavy (non-hydrogen) atoms. The van der Waals surface area contributed by atoms with Crippen LogP contribution in [0.1, 0.15) is 37.9 Å². The van der Waals surface area contributed by atoms with Crippen molar-refractivity contribution in [1.82, 2.24) is 19.8 Å². The van der Waals surface area contributed by atoms with Crippen LogP contribution in [0.4, 0.5) is 0 Å². The van der Waals surface area contributed by atoms with Crippen LogP contribution in [-0.2, 0) is 16.1 Å². The number of imidazole rings is 1. The highest BCUT2D eigenvalue weighted by atomic mass is 16.2. The van der Waals surface area contributed by atoms with Gasteiger partial charge in [0.2, 0.25) is 11.8 Å². The lowest BCUT2D eigenvalue weighted by atomic mass is 9.62. The molecule has 1 atom stereocenters. The van der Waals surface area contributed by atoms with Crippen LogP contribution in [0.15, 0.2) is 12.4 Å². The summed E-state index contributed by atoms with van der Waals surface area (Å²) in [6.07, 6.45) is 9.35. The van der Waals surface area contributed by atoms with Gasteiger partial charge in [-0.2, -0.15) is 0 Å². The highest BCUT2D eigenvalue weighted by Gasteiger charge is 2.54. The second-order valence-electron chi connectivity index (χ2n) is 7.83. The van der Waals surface area contributed by atoms with E-state index in [1.807, 2.05) is 22.6 Å². The minimum absolute atomic E-state index is 0.0298. The van der Waals surface area contributed by atoms with Gasteiger partial charge in [0.15, 0.2) is 0 Å². The molecule has 4 rings (SSSR count). The van der Waals surface area contributed by atoms with Gasteiger partial charge in [-0.1, -0.05) is 6.42 Å². The van der Waals surface area contributed by atoms with E-state index in [-0.39, 0.29) is 23.1 Å². The molecule has 3 fully saturated rings. The minimum Gasteiger partial charge on any atom is -0.356 e. The molecule has 2 heterocycles. The summed E-state index contributed by atoms with van der Waals surface area (Å²) in [6, 6.07) is 0. The van der Waals surface area contributed by atoms with E-state index >= 15 is 0 Å². The van der Waals surface area contributed by atoms with E-state index in [1.54, 1.807) is 6.20 Å². The van der Waals surface area contributed by atoms with E-state index in [0.29, 0.717) is 19.0 Å². The molecule has 1 saturated heterocycles. The van der Waals surface area contributed by atoms with Gasteiger partial charge in [-0.05, 0) is 38.5 Å². The number of rotatable bonds is 5. The molecule has 3 aliphatic rings. The molecule has 1 spiro atoms. The van der Waals surface area contributed by atoms with Crippen LogP contribution in [0.2, 0.25) is 0 Å². The SMILES string of the molecule is Cc1nccn1CC(=O)N1CC(C(=O)NCC2CC2)C2(CCC2)C1. The van der Waals surface area contributed by atoms with Crippen LogP contribution in [0.5, 0.6) is 0 Å². The molecule has 2 amide bonds. The maximum absolute atomic E-state index is 12.7. The summed E-state index contributed by atoms with van der Waals surface area (Å²) >= 11 is 0. The predicted octanol–water partition coefficient (Wildman–Crippen LogP) is 1.35. The van der Waals surface area contributed by atoms with Crippen LogP contribution in [-0.4, -0.2) is 45.9 Å². The zero-order chi connectivity index (χ0) is 16.7. The number of aromatic nitrogens is 2. The third-order valence-corrected chi connectivity index (χ3v) is 6.16. The van der Waals surface area contributed by atoms with Crippen molar-refractivity contribution in [3.05, 3.63) is 18.2 Å². The van der Waals surface area contributed by atoms with Crippen molar-refractivity contribution < 1.29 is 9.59 Å². The third kappa shape index (κ3) is 2.82. The van der Waals surface area contributed by atoms with Gasteiger partial charge in [0.05, 0.1) is 5.92 Å². The third-order valence-electron chi connectivity index (χ3n) is 6.16. The molecule has 1 aromatic heterocycles. The summed E-state index contributed by atoms with van der Waals surface area (Å²) in [6.45, 7) is 4.34. The summed E-state index contributed by atoms with van der Waals surface area (Å²) in [5.74, 6) is 1.77. The molecule has 2 aliphatic carbocycles. The van der Waals surface area contributed by atoms with Crippen LogP contribution in [0.25, 0.3) is 0 Å². The summed E-state index contributed by atoms with van der Waals surface area (Å²) in [5, 5.41) is 3.13. The standard InChI is InChI=1S/C18H26N4O2/c1-13-19-7-8-21(13)11-16(23)22-10-15(18(12-22)5-2-6-18)17(24)20-9-14-3-4-14/h7-8,14-15H,2-6,9-12H2,1H3,(H,20,24). The topological polar surface area (TPSA) is 67.2 Å². The number of hydrogen-bond acceptors (Lipinski definition) is 3. The lowest BCUT2D eigenvalue weighted by Crippen LogP contribution is -2.45. The van der Waals surface area contributed by atoms with E-state index in [1.165, 1.54) is 19.3 Å². The predicted molar refractivity (Wildman–Crippen MR) is 89.1 cm³/mol. The summed E-state index contributed by atoms with van der Waals surface area (Å²) in [5.41, 5.74) is 0.0350. The van der Waals surface area contributed by atoms with Crippen molar-refractivity contribution in [3.8, 4) is 0 Å². The molecule has 0 aromatic carbocycles. The van der Waals surface area contributed by atoms with E-state index in [4.69, 9.17) is 0 Å². The Labute approximate surface area is 142 Å². The quantitative estimate of drug-likeness (QED) is 0.886. The molecule has 0 radical (unpaired) electrons. The molecule has 6 heteroatoms. The fourth-order valence-electron chi connectivity index (χ4n) is 4.16. The number of nitrogens with zero attached hydrogens (tertiary/aromatic N) is 3. The first-order valence-corrected chi connectivity index (χ1v) is 9.11. The van der Waals surface area contributed by atoms with Gasteiger partial charge in [0.1, 0.15) is 12.4 Å². The van der Waals surface area contributed by atoms with Crippen molar-refractivity contribution in [2.75, 3.05) is 19.6 Å². The molecule has 1 unspecified atom stereocenters. The number of aryl methyl sites for hydroxylation is 1. The van der Waals surface area contributed by atoms with E-state index in [0.717, 1.165) is 31.8 Å². The van der Waals surface area contributed by atoms with Gasteiger partial charge in [-0.3, -0.25) is 9.59 Å². The van der Waals surface area contributed by atoms with Crippen LogP contribution in [0.3, 0.4) is 0 Å². The number of carbonyl (C=O) groups excluding carboxylic acids is 2. The fraction of sp³-hybridized carbons (Fsp3) is 0.722. The molecule has 1 aromatic rings. The van der Waals surface area contributed by atoms with Gasteiger partial charge >= 0.3 is 0 Å². The fourth-order valence-corrected chi connectivity index (χ4v) is 4.16. The Bertz CT molecular complexity index is 645. The average Bonchev–Trinajstić information content (AvgIpc) is 3.13. The first-order valence-electron chi connectivity index (χ1n) is 9.11. The molecular weight excluding hydrogens is 304 g/mol. The van der Waals surface area contributed by atoms with Gasteiger partial charge in [-0.15, -0.1) is 0 Å².